The number of carbonyl (C=O) groups is 2. The highest BCUT2D eigenvalue weighted by molar-refractivity contribution is 5.85. The van der Waals surface area contributed by atoms with Crippen molar-refractivity contribution in [2.75, 3.05) is 13.1 Å². The molecule has 0 saturated carbocycles. The maximum absolute atomic E-state index is 11.8. The van der Waals surface area contributed by atoms with Crippen LogP contribution in [-0.2, 0) is 22.7 Å². The average Bonchev–Trinajstić information content (AvgIpc) is 2.79. The van der Waals surface area contributed by atoms with E-state index in [9.17, 15) is 9.59 Å². The van der Waals surface area contributed by atoms with E-state index < -0.39 is 0 Å². The Morgan fingerprint density at radius 3 is 2.35 bits per heavy atom. The molecule has 2 amide bonds. The van der Waals surface area contributed by atoms with Crippen LogP contribution in [0.5, 0.6) is 0 Å². The van der Waals surface area contributed by atoms with Crippen molar-refractivity contribution >= 4 is 11.8 Å². The van der Waals surface area contributed by atoms with Crippen LogP contribution in [0.3, 0.4) is 0 Å². The Hall–Kier alpha value is -1.88. The van der Waals surface area contributed by atoms with Gasteiger partial charge in [0, 0.05) is 13.1 Å². The van der Waals surface area contributed by atoms with Crippen molar-refractivity contribution in [3.63, 3.8) is 0 Å². The minimum Gasteiger partial charge on any atom is -0.346 e. The largest absolute Gasteiger partial charge is 0.346 e. The van der Waals surface area contributed by atoms with Gasteiger partial charge >= 0.3 is 0 Å². The van der Waals surface area contributed by atoms with Crippen molar-refractivity contribution in [2.45, 2.75) is 13.1 Å². The zero-order valence-corrected chi connectivity index (χ0v) is 9.48. The average molecular weight is 233 g/mol. The van der Waals surface area contributed by atoms with Crippen molar-refractivity contribution in [3.8, 4) is 0 Å². The number of benzene rings is 1. The smallest absolute Gasteiger partial charge is 0.242 e. The number of nitrogens with two attached hydrogens (primary N) is 1. The number of nitrogens with zero attached hydrogens (tertiary/aromatic N) is 1. The highest BCUT2D eigenvalue weighted by atomic mass is 16.2. The monoisotopic (exact) mass is 233 g/mol. The molecule has 3 N–H and O–H groups in total. The van der Waals surface area contributed by atoms with Crippen LogP contribution in [0, 0.1) is 0 Å². The fraction of sp³-hybridized carbons (Fsp3) is 0.333. The van der Waals surface area contributed by atoms with E-state index in [0.29, 0.717) is 13.1 Å². The van der Waals surface area contributed by atoms with Crippen LogP contribution in [0.4, 0.5) is 0 Å². The molecule has 1 heterocycles. The second kappa shape index (κ2) is 4.97. The standard InChI is InChI=1S/C12H15N3O2/c13-5-11(16)14-6-12(17)15-7-9-3-1-2-4-10(9)8-15/h1-4H,5-8,13H2,(H,14,16). The van der Waals surface area contributed by atoms with E-state index in [0.717, 1.165) is 0 Å². The summed E-state index contributed by atoms with van der Waals surface area (Å²) < 4.78 is 0. The maximum Gasteiger partial charge on any atom is 0.242 e. The molecular weight excluding hydrogens is 218 g/mol. The summed E-state index contributed by atoms with van der Waals surface area (Å²) in [5.74, 6) is -0.391. The van der Waals surface area contributed by atoms with Crippen LogP contribution in [0.25, 0.3) is 0 Å². The van der Waals surface area contributed by atoms with Gasteiger partial charge in [-0.05, 0) is 11.1 Å². The van der Waals surface area contributed by atoms with E-state index in [2.05, 4.69) is 5.32 Å². The van der Waals surface area contributed by atoms with Crippen molar-refractivity contribution in [1.29, 1.82) is 0 Å². The van der Waals surface area contributed by atoms with Gasteiger partial charge in [0.05, 0.1) is 13.1 Å². The van der Waals surface area contributed by atoms with Crippen LogP contribution in [-0.4, -0.2) is 29.8 Å². The van der Waals surface area contributed by atoms with Gasteiger partial charge in [-0.25, -0.2) is 0 Å². The zero-order chi connectivity index (χ0) is 12.3. The van der Waals surface area contributed by atoms with Gasteiger partial charge in [0.15, 0.2) is 0 Å². The third-order valence-corrected chi connectivity index (χ3v) is 2.82. The summed E-state index contributed by atoms with van der Waals surface area (Å²) in [5.41, 5.74) is 7.49. The number of fused-ring (bicyclic) bond motifs is 1. The summed E-state index contributed by atoms with van der Waals surface area (Å²) in [6, 6.07) is 7.95. The molecule has 0 spiro atoms. The molecule has 0 radical (unpaired) electrons. The van der Waals surface area contributed by atoms with E-state index >= 15 is 0 Å². The molecule has 90 valence electrons. The Balaban J connectivity index is 1.90. The van der Waals surface area contributed by atoms with Crippen molar-refractivity contribution in [1.82, 2.24) is 10.2 Å². The lowest BCUT2D eigenvalue weighted by atomic mass is 10.1. The van der Waals surface area contributed by atoms with E-state index in [1.54, 1.807) is 4.90 Å². The summed E-state index contributed by atoms with van der Waals surface area (Å²) in [6.07, 6.45) is 0. The predicted molar refractivity (Wildman–Crippen MR) is 62.8 cm³/mol. The van der Waals surface area contributed by atoms with E-state index in [1.165, 1.54) is 11.1 Å². The second-order valence-corrected chi connectivity index (χ2v) is 4.00. The van der Waals surface area contributed by atoms with Gasteiger partial charge in [0.1, 0.15) is 0 Å². The molecule has 0 fully saturated rings. The molecule has 0 atom stereocenters. The minimum absolute atomic E-state index is 0.0179. The van der Waals surface area contributed by atoms with Gasteiger partial charge < -0.3 is 16.0 Å². The number of hydrogen-bond donors (Lipinski definition) is 2. The highest BCUT2D eigenvalue weighted by Crippen LogP contribution is 2.21. The third kappa shape index (κ3) is 2.62. The van der Waals surface area contributed by atoms with Gasteiger partial charge in [-0.15, -0.1) is 0 Å². The molecule has 0 aromatic heterocycles. The first kappa shape index (κ1) is 11.6. The van der Waals surface area contributed by atoms with Crippen LogP contribution in [0.2, 0.25) is 0 Å². The second-order valence-electron chi connectivity index (χ2n) is 4.00. The minimum atomic E-state index is -0.310. The number of carbonyl (C=O) groups excluding carboxylic acids is 2. The summed E-state index contributed by atoms with van der Waals surface area (Å²) in [6.45, 7) is 1.17. The lowest BCUT2D eigenvalue weighted by Crippen LogP contribution is -2.39. The molecule has 2 rings (SSSR count). The highest BCUT2D eigenvalue weighted by Gasteiger charge is 2.22. The van der Waals surface area contributed by atoms with Crippen LogP contribution in [0.15, 0.2) is 24.3 Å². The first-order valence-corrected chi connectivity index (χ1v) is 5.52. The topological polar surface area (TPSA) is 75.4 Å². The molecule has 1 aromatic rings. The van der Waals surface area contributed by atoms with Gasteiger partial charge in [-0.2, -0.15) is 0 Å². The Morgan fingerprint density at radius 1 is 1.24 bits per heavy atom. The third-order valence-electron chi connectivity index (χ3n) is 2.82. The number of nitrogens with one attached hydrogen (secondary N) is 1. The fourth-order valence-corrected chi connectivity index (χ4v) is 1.87. The van der Waals surface area contributed by atoms with Gasteiger partial charge in [0.2, 0.25) is 11.8 Å². The summed E-state index contributed by atoms with van der Waals surface area (Å²) in [5, 5.41) is 2.48. The lowest BCUT2D eigenvalue weighted by molar-refractivity contribution is -0.133. The molecule has 1 aromatic carbocycles. The summed E-state index contributed by atoms with van der Waals surface area (Å²) in [7, 11) is 0. The van der Waals surface area contributed by atoms with E-state index in [1.807, 2.05) is 24.3 Å². The van der Waals surface area contributed by atoms with E-state index in [-0.39, 0.29) is 24.9 Å². The first-order valence-electron chi connectivity index (χ1n) is 5.52. The Labute approximate surface area is 99.6 Å². The molecule has 1 aliphatic rings. The van der Waals surface area contributed by atoms with Crippen molar-refractivity contribution in [2.24, 2.45) is 5.73 Å². The van der Waals surface area contributed by atoms with Crippen molar-refractivity contribution < 1.29 is 9.59 Å². The van der Waals surface area contributed by atoms with Gasteiger partial charge in [-0.3, -0.25) is 9.59 Å². The Kier molecular flexibility index (Phi) is 3.39. The maximum atomic E-state index is 11.8. The van der Waals surface area contributed by atoms with Crippen LogP contribution >= 0.6 is 0 Å². The van der Waals surface area contributed by atoms with Crippen LogP contribution < -0.4 is 11.1 Å². The molecule has 0 unspecified atom stereocenters. The normalized spacial score (nSPS) is 13.4. The summed E-state index contributed by atoms with van der Waals surface area (Å²) in [4.78, 5) is 24.5. The van der Waals surface area contributed by atoms with Crippen molar-refractivity contribution in [3.05, 3.63) is 35.4 Å². The molecular formula is C12H15N3O2. The van der Waals surface area contributed by atoms with E-state index in [4.69, 9.17) is 5.73 Å². The Morgan fingerprint density at radius 2 is 1.82 bits per heavy atom. The first-order chi connectivity index (χ1) is 8.20. The number of amides is 2. The van der Waals surface area contributed by atoms with Gasteiger partial charge in [-0.1, -0.05) is 24.3 Å². The molecule has 5 heteroatoms. The quantitative estimate of drug-likeness (QED) is 0.746. The summed E-state index contributed by atoms with van der Waals surface area (Å²) >= 11 is 0. The molecule has 5 nitrogen and oxygen atoms in total. The SMILES string of the molecule is NCC(=O)NCC(=O)N1Cc2ccccc2C1. The Bertz CT molecular complexity index is 420. The number of rotatable bonds is 3. The molecule has 0 saturated heterocycles. The molecule has 0 bridgehead atoms. The molecule has 17 heavy (non-hydrogen) atoms. The van der Waals surface area contributed by atoms with Gasteiger partial charge in [0.25, 0.3) is 0 Å². The predicted octanol–water partition coefficient (Wildman–Crippen LogP) is -0.396. The number of hydrogen-bond acceptors (Lipinski definition) is 3. The molecule has 0 aliphatic carbocycles. The molecule has 1 aliphatic heterocycles. The van der Waals surface area contributed by atoms with Crippen LogP contribution in [0.1, 0.15) is 11.1 Å². The zero-order valence-electron chi connectivity index (χ0n) is 9.48. The fourth-order valence-electron chi connectivity index (χ4n) is 1.87. The lowest BCUT2D eigenvalue weighted by Gasteiger charge is -2.15.